The Hall–Kier alpha value is -0.0200. The third-order valence-corrected chi connectivity index (χ3v) is 3.15. The van der Waals surface area contributed by atoms with Crippen molar-refractivity contribution in [3.8, 4) is 0 Å². The van der Waals surface area contributed by atoms with E-state index in [-0.39, 0.29) is 12.4 Å². The van der Waals surface area contributed by atoms with Crippen molar-refractivity contribution in [2.45, 2.75) is 32.7 Å². The van der Waals surface area contributed by atoms with Gasteiger partial charge in [-0.2, -0.15) is 0 Å². The third-order valence-electron chi connectivity index (χ3n) is 2.83. The first-order chi connectivity index (χ1) is 5.65. The van der Waals surface area contributed by atoms with Gasteiger partial charge in [-0.3, -0.25) is 0 Å². The van der Waals surface area contributed by atoms with Gasteiger partial charge >= 0.3 is 0 Å². The van der Waals surface area contributed by atoms with Crippen molar-refractivity contribution < 1.29 is 0 Å². The first-order valence-electron chi connectivity index (χ1n) is 4.63. The molecule has 1 saturated carbocycles. The van der Waals surface area contributed by atoms with E-state index >= 15 is 0 Å². The van der Waals surface area contributed by atoms with Crippen molar-refractivity contribution in [1.82, 2.24) is 10.6 Å². The monoisotopic (exact) mass is 222 g/mol. The molecule has 2 atom stereocenters. The Kier molecular flexibility index (Phi) is 5.65. The molecular formula is C9H19ClN2S. The fourth-order valence-corrected chi connectivity index (χ4v) is 2.09. The first-order valence-corrected chi connectivity index (χ1v) is 5.04. The molecule has 2 N–H and O–H groups in total. The largest absolute Gasteiger partial charge is 0.366 e. The van der Waals surface area contributed by atoms with Gasteiger partial charge in [0, 0.05) is 13.1 Å². The molecule has 0 saturated heterocycles. The lowest BCUT2D eigenvalue weighted by molar-refractivity contribution is 0.416. The minimum atomic E-state index is 0. The summed E-state index contributed by atoms with van der Waals surface area (Å²) in [7, 11) is 1.86. The van der Waals surface area contributed by atoms with Gasteiger partial charge in [0.15, 0.2) is 5.11 Å². The van der Waals surface area contributed by atoms with Gasteiger partial charge in [0.05, 0.1) is 0 Å². The van der Waals surface area contributed by atoms with Gasteiger partial charge < -0.3 is 10.6 Å². The Labute approximate surface area is 92.3 Å². The highest BCUT2D eigenvalue weighted by Gasteiger charge is 2.30. The normalized spacial score (nSPS) is 32.1. The van der Waals surface area contributed by atoms with E-state index in [0.717, 1.165) is 16.9 Å². The van der Waals surface area contributed by atoms with Gasteiger partial charge in [-0.15, -0.1) is 12.4 Å². The summed E-state index contributed by atoms with van der Waals surface area (Å²) in [6.45, 7) is 4.58. The van der Waals surface area contributed by atoms with Gasteiger partial charge in [0.25, 0.3) is 0 Å². The van der Waals surface area contributed by atoms with E-state index in [1.807, 2.05) is 7.05 Å². The molecule has 0 aromatic heterocycles. The molecule has 0 heterocycles. The molecule has 0 spiro atoms. The van der Waals surface area contributed by atoms with Crippen molar-refractivity contribution in [3.63, 3.8) is 0 Å². The van der Waals surface area contributed by atoms with Crippen LogP contribution in [0.15, 0.2) is 0 Å². The molecule has 2 unspecified atom stereocenters. The number of nitrogens with one attached hydrogen (secondary N) is 2. The summed E-state index contributed by atoms with van der Waals surface area (Å²) in [5.74, 6) is 1.51. The summed E-state index contributed by atoms with van der Waals surface area (Å²) in [5, 5.41) is 7.08. The van der Waals surface area contributed by atoms with Crippen LogP contribution < -0.4 is 10.6 Å². The molecule has 13 heavy (non-hydrogen) atoms. The summed E-state index contributed by atoms with van der Waals surface area (Å²) in [6.07, 6.45) is 2.65. The van der Waals surface area contributed by atoms with Crippen LogP contribution in [-0.2, 0) is 0 Å². The molecular weight excluding hydrogens is 204 g/mol. The molecule has 0 amide bonds. The lowest BCUT2D eigenvalue weighted by Gasteiger charge is -2.22. The number of thiocarbonyl (C=S) groups is 1. The molecule has 1 aliphatic carbocycles. The molecule has 2 nitrogen and oxygen atoms in total. The molecule has 4 heteroatoms. The highest BCUT2D eigenvalue weighted by molar-refractivity contribution is 7.80. The maximum absolute atomic E-state index is 5.08. The van der Waals surface area contributed by atoms with Crippen LogP contribution in [0.25, 0.3) is 0 Å². The van der Waals surface area contributed by atoms with Crippen molar-refractivity contribution in [2.75, 3.05) is 7.05 Å². The van der Waals surface area contributed by atoms with Crippen molar-refractivity contribution >= 4 is 29.7 Å². The van der Waals surface area contributed by atoms with E-state index in [0.29, 0.717) is 6.04 Å². The molecule has 0 radical (unpaired) electrons. The van der Waals surface area contributed by atoms with Gasteiger partial charge in [0.2, 0.25) is 0 Å². The van der Waals surface area contributed by atoms with Gasteiger partial charge in [-0.1, -0.05) is 13.8 Å². The van der Waals surface area contributed by atoms with Crippen LogP contribution in [0, 0.1) is 11.8 Å². The maximum atomic E-state index is 5.08. The average Bonchev–Trinajstić information content (AvgIpc) is 2.35. The molecule has 0 aromatic carbocycles. The minimum Gasteiger partial charge on any atom is -0.366 e. The maximum Gasteiger partial charge on any atom is 0.166 e. The Morgan fingerprint density at radius 1 is 1.23 bits per heavy atom. The first kappa shape index (κ1) is 13.0. The Bertz CT molecular complexity index is 165. The lowest BCUT2D eigenvalue weighted by Crippen LogP contribution is -2.44. The number of hydrogen-bond acceptors (Lipinski definition) is 1. The van der Waals surface area contributed by atoms with Crippen molar-refractivity contribution in [2.24, 2.45) is 11.8 Å². The molecule has 0 aromatic rings. The second-order valence-corrected chi connectivity index (χ2v) is 4.19. The third kappa shape index (κ3) is 3.31. The highest BCUT2D eigenvalue weighted by atomic mass is 35.5. The molecule has 0 aliphatic heterocycles. The number of hydrogen-bond donors (Lipinski definition) is 2. The predicted octanol–water partition coefficient (Wildman–Crippen LogP) is 1.94. The van der Waals surface area contributed by atoms with E-state index in [4.69, 9.17) is 12.2 Å². The van der Waals surface area contributed by atoms with E-state index in [1.165, 1.54) is 12.8 Å². The molecule has 0 bridgehead atoms. The summed E-state index contributed by atoms with van der Waals surface area (Å²) < 4.78 is 0. The second kappa shape index (κ2) is 5.66. The van der Waals surface area contributed by atoms with E-state index in [9.17, 15) is 0 Å². The highest BCUT2D eigenvalue weighted by Crippen LogP contribution is 2.30. The van der Waals surface area contributed by atoms with Crippen LogP contribution in [0.1, 0.15) is 26.7 Å². The SMILES string of the molecule is CNC(=S)NC1C(C)CCC1C.Cl. The Morgan fingerprint density at radius 2 is 1.69 bits per heavy atom. The second-order valence-electron chi connectivity index (χ2n) is 3.78. The fraction of sp³-hybridized carbons (Fsp3) is 0.889. The zero-order valence-corrected chi connectivity index (χ0v) is 10.1. The summed E-state index contributed by atoms with van der Waals surface area (Å²) >= 11 is 5.08. The number of halogens is 1. The fourth-order valence-electron chi connectivity index (χ4n) is 1.95. The quantitative estimate of drug-likeness (QED) is 0.664. The lowest BCUT2D eigenvalue weighted by atomic mass is 10.0. The van der Waals surface area contributed by atoms with E-state index in [1.54, 1.807) is 0 Å². The Morgan fingerprint density at radius 3 is 2.08 bits per heavy atom. The van der Waals surface area contributed by atoms with Crippen molar-refractivity contribution in [3.05, 3.63) is 0 Å². The zero-order chi connectivity index (χ0) is 9.14. The minimum absolute atomic E-state index is 0. The van der Waals surface area contributed by atoms with E-state index < -0.39 is 0 Å². The van der Waals surface area contributed by atoms with Crippen LogP contribution in [0.3, 0.4) is 0 Å². The smallest absolute Gasteiger partial charge is 0.166 e. The van der Waals surface area contributed by atoms with E-state index in [2.05, 4.69) is 24.5 Å². The standard InChI is InChI=1S/C9H18N2S.ClH/c1-6-4-5-7(2)8(6)11-9(12)10-3;/h6-8H,4-5H2,1-3H3,(H2,10,11,12);1H. The van der Waals surface area contributed by atoms with Crippen LogP contribution in [0.2, 0.25) is 0 Å². The molecule has 78 valence electrons. The van der Waals surface area contributed by atoms with Gasteiger partial charge in [0.1, 0.15) is 0 Å². The summed E-state index contributed by atoms with van der Waals surface area (Å²) in [4.78, 5) is 0. The number of rotatable bonds is 1. The topological polar surface area (TPSA) is 24.1 Å². The summed E-state index contributed by atoms with van der Waals surface area (Å²) in [6, 6.07) is 0.574. The van der Waals surface area contributed by atoms with Crippen LogP contribution >= 0.6 is 24.6 Å². The van der Waals surface area contributed by atoms with Crippen LogP contribution in [0.5, 0.6) is 0 Å². The molecule has 1 fully saturated rings. The average molecular weight is 223 g/mol. The summed E-state index contributed by atoms with van der Waals surface area (Å²) in [5.41, 5.74) is 0. The van der Waals surface area contributed by atoms with Crippen LogP contribution in [0.4, 0.5) is 0 Å². The van der Waals surface area contributed by atoms with Crippen LogP contribution in [-0.4, -0.2) is 18.2 Å². The van der Waals surface area contributed by atoms with Gasteiger partial charge in [-0.25, -0.2) is 0 Å². The predicted molar refractivity (Wildman–Crippen MR) is 63.4 cm³/mol. The Balaban J connectivity index is 0.00000144. The van der Waals surface area contributed by atoms with Crippen molar-refractivity contribution in [1.29, 1.82) is 0 Å². The van der Waals surface area contributed by atoms with Gasteiger partial charge in [-0.05, 0) is 36.9 Å². The molecule has 1 aliphatic rings. The molecule has 1 rings (SSSR count). The zero-order valence-electron chi connectivity index (χ0n) is 8.46.